The summed E-state index contributed by atoms with van der Waals surface area (Å²) in [5.74, 6) is -0.119. The Bertz CT molecular complexity index is 914. The number of hydrogen-bond acceptors (Lipinski definition) is 4. The summed E-state index contributed by atoms with van der Waals surface area (Å²) < 4.78 is 31.1. The van der Waals surface area contributed by atoms with Gasteiger partial charge >= 0.3 is 0 Å². The largest absolute Gasteiger partial charge is 0.495 e. The highest BCUT2D eigenvalue weighted by molar-refractivity contribution is 7.92. The highest BCUT2D eigenvalue weighted by atomic mass is 35.5. The summed E-state index contributed by atoms with van der Waals surface area (Å²) in [6.45, 7) is 3.80. The Labute approximate surface area is 165 Å². The Balaban J connectivity index is 2.27. The quantitative estimate of drug-likeness (QED) is 0.760. The number of carbonyl (C=O) groups is 1. The van der Waals surface area contributed by atoms with Crippen molar-refractivity contribution in [1.82, 2.24) is 5.32 Å². The predicted molar refractivity (Wildman–Crippen MR) is 108 cm³/mol. The van der Waals surface area contributed by atoms with Gasteiger partial charge in [0.2, 0.25) is 15.9 Å². The van der Waals surface area contributed by atoms with Crippen LogP contribution in [0, 0.1) is 6.92 Å². The summed E-state index contributed by atoms with van der Waals surface area (Å²) in [4.78, 5) is 12.6. The fraction of sp³-hybridized carbons (Fsp3) is 0.316. The van der Waals surface area contributed by atoms with Crippen LogP contribution in [0.2, 0.25) is 5.02 Å². The zero-order valence-corrected chi connectivity index (χ0v) is 17.3. The first kappa shape index (κ1) is 21.1. The van der Waals surface area contributed by atoms with Gasteiger partial charge in [-0.05, 0) is 37.6 Å². The molecule has 146 valence electrons. The van der Waals surface area contributed by atoms with E-state index < -0.39 is 22.0 Å². The fourth-order valence-corrected chi connectivity index (χ4v) is 4.00. The molecule has 0 heterocycles. The van der Waals surface area contributed by atoms with Crippen LogP contribution in [0.3, 0.4) is 0 Å². The van der Waals surface area contributed by atoms with Crippen molar-refractivity contribution in [3.8, 4) is 5.75 Å². The predicted octanol–water partition coefficient (Wildman–Crippen LogP) is 3.13. The zero-order chi connectivity index (χ0) is 20.2. The normalized spacial score (nSPS) is 12.3. The van der Waals surface area contributed by atoms with Crippen molar-refractivity contribution in [2.45, 2.75) is 26.4 Å². The van der Waals surface area contributed by atoms with E-state index in [9.17, 15) is 13.2 Å². The van der Waals surface area contributed by atoms with E-state index in [0.29, 0.717) is 17.3 Å². The smallest absolute Gasteiger partial charge is 0.243 e. The first-order valence-corrected chi connectivity index (χ1v) is 10.5. The summed E-state index contributed by atoms with van der Waals surface area (Å²) in [7, 11) is -2.34. The van der Waals surface area contributed by atoms with Crippen LogP contribution < -0.4 is 14.4 Å². The van der Waals surface area contributed by atoms with Crippen molar-refractivity contribution in [2.24, 2.45) is 0 Å². The Morgan fingerprint density at radius 3 is 2.41 bits per heavy atom. The number of anilines is 1. The molecule has 0 aromatic heterocycles. The molecule has 0 unspecified atom stereocenters. The average Bonchev–Trinajstić information content (AvgIpc) is 2.60. The number of halogens is 1. The van der Waals surface area contributed by atoms with E-state index in [4.69, 9.17) is 16.3 Å². The summed E-state index contributed by atoms with van der Waals surface area (Å²) in [5, 5.41) is 3.11. The van der Waals surface area contributed by atoms with Gasteiger partial charge in [-0.25, -0.2) is 8.42 Å². The van der Waals surface area contributed by atoms with Gasteiger partial charge in [-0.3, -0.25) is 9.10 Å². The fourth-order valence-electron chi connectivity index (χ4n) is 2.66. The van der Waals surface area contributed by atoms with Crippen LogP contribution in [0.15, 0.2) is 42.5 Å². The lowest BCUT2D eigenvalue weighted by Crippen LogP contribution is -2.47. The van der Waals surface area contributed by atoms with Crippen molar-refractivity contribution in [1.29, 1.82) is 0 Å². The molecule has 2 rings (SSSR count). The van der Waals surface area contributed by atoms with E-state index in [1.165, 1.54) is 20.1 Å². The first-order chi connectivity index (χ1) is 12.6. The number of ether oxygens (including phenoxy) is 1. The second-order valence-electron chi connectivity index (χ2n) is 6.25. The number of nitrogens with zero attached hydrogens (tertiary/aromatic N) is 1. The number of amides is 1. The topological polar surface area (TPSA) is 75.7 Å². The van der Waals surface area contributed by atoms with Crippen molar-refractivity contribution in [3.05, 3.63) is 58.6 Å². The molecule has 0 fully saturated rings. The third-order valence-electron chi connectivity index (χ3n) is 4.05. The number of hydrogen-bond donors (Lipinski definition) is 1. The van der Waals surface area contributed by atoms with Crippen molar-refractivity contribution < 1.29 is 17.9 Å². The Kier molecular flexibility index (Phi) is 6.73. The summed E-state index contributed by atoms with van der Waals surface area (Å²) in [6, 6.07) is 11.3. The molecule has 0 aliphatic rings. The van der Waals surface area contributed by atoms with Crippen molar-refractivity contribution in [2.75, 3.05) is 17.7 Å². The van der Waals surface area contributed by atoms with Crippen LogP contribution in [0.25, 0.3) is 0 Å². The molecule has 1 atom stereocenters. The van der Waals surface area contributed by atoms with E-state index in [1.54, 1.807) is 12.1 Å². The summed E-state index contributed by atoms with van der Waals surface area (Å²) in [5.41, 5.74) is 2.26. The van der Waals surface area contributed by atoms with E-state index in [1.807, 2.05) is 31.2 Å². The second kappa shape index (κ2) is 8.63. The van der Waals surface area contributed by atoms with Crippen LogP contribution in [0.5, 0.6) is 5.75 Å². The first-order valence-electron chi connectivity index (χ1n) is 8.29. The van der Waals surface area contributed by atoms with Gasteiger partial charge in [0.25, 0.3) is 0 Å². The average molecular weight is 411 g/mol. The van der Waals surface area contributed by atoms with Gasteiger partial charge in [-0.15, -0.1) is 0 Å². The lowest BCUT2D eigenvalue weighted by molar-refractivity contribution is -0.122. The van der Waals surface area contributed by atoms with Gasteiger partial charge in [0.05, 0.1) is 19.1 Å². The van der Waals surface area contributed by atoms with Gasteiger partial charge in [0.1, 0.15) is 11.8 Å². The van der Waals surface area contributed by atoms with Crippen LogP contribution >= 0.6 is 11.6 Å². The molecular formula is C19H23ClN2O4S. The third-order valence-corrected chi connectivity index (χ3v) is 5.52. The molecule has 6 nitrogen and oxygen atoms in total. The number of benzene rings is 2. The maximum absolute atomic E-state index is 12.6. The number of nitrogens with one attached hydrogen (secondary N) is 1. The number of methoxy groups -OCH3 is 1. The summed E-state index contributed by atoms with van der Waals surface area (Å²) >= 11 is 6.03. The molecule has 0 saturated heterocycles. The van der Waals surface area contributed by atoms with E-state index in [0.717, 1.165) is 21.7 Å². The third kappa shape index (κ3) is 5.37. The van der Waals surface area contributed by atoms with Gasteiger partial charge in [-0.1, -0.05) is 41.4 Å². The maximum atomic E-state index is 12.6. The van der Waals surface area contributed by atoms with Gasteiger partial charge < -0.3 is 10.1 Å². The lowest BCUT2D eigenvalue weighted by atomic mass is 10.1. The van der Waals surface area contributed by atoms with Crippen molar-refractivity contribution >= 4 is 33.2 Å². The maximum Gasteiger partial charge on any atom is 0.243 e. The lowest BCUT2D eigenvalue weighted by Gasteiger charge is -2.29. The van der Waals surface area contributed by atoms with E-state index >= 15 is 0 Å². The van der Waals surface area contributed by atoms with Crippen LogP contribution in [0.4, 0.5) is 5.69 Å². The molecule has 27 heavy (non-hydrogen) atoms. The molecule has 0 saturated carbocycles. The standard InChI is InChI=1S/C19H23ClN2O4S/c1-13-5-7-15(8-6-13)12-21-19(23)14(2)22(27(4,24)25)17-11-16(20)9-10-18(17)26-3/h5-11,14H,12H2,1-4H3,(H,21,23)/t14-/m0/s1. The van der Waals surface area contributed by atoms with Crippen LogP contribution in [-0.4, -0.2) is 33.7 Å². The van der Waals surface area contributed by atoms with Gasteiger partial charge in [0, 0.05) is 11.6 Å². The molecule has 8 heteroatoms. The Hall–Kier alpha value is -2.25. The van der Waals surface area contributed by atoms with Gasteiger partial charge in [-0.2, -0.15) is 0 Å². The SMILES string of the molecule is COc1ccc(Cl)cc1N([C@@H](C)C(=O)NCc1ccc(C)cc1)S(C)(=O)=O. The number of rotatable bonds is 7. The van der Waals surface area contributed by atoms with E-state index in [-0.39, 0.29) is 5.69 Å². The molecule has 0 aliphatic carbocycles. The minimum Gasteiger partial charge on any atom is -0.495 e. The number of carbonyl (C=O) groups excluding carboxylic acids is 1. The highest BCUT2D eigenvalue weighted by Gasteiger charge is 2.31. The minimum atomic E-state index is -3.77. The molecule has 0 spiro atoms. The molecule has 0 bridgehead atoms. The van der Waals surface area contributed by atoms with Crippen LogP contribution in [0.1, 0.15) is 18.1 Å². The Morgan fingerprint density at radius 2 is 1.85 bits per heavy atom. The second-order valence-corrected chi connectivity index (χ2v) is 8.55. The van der Waals surface area contributed by atoms with Crippen molar-refractivity contribution in [3.63, 3.8) is 0 Å². The summed E-state index contributed by atoms with van der Waals surface area (Å²) in [6.07, 6.45) is 1.04. The highest BCUT2D eigenvalue weighted by Crippen LogP contribution is 2.34. The van der Waals surface area contributed by atoms with Gasteiger partial charge in [0.15, 0.2) is 0 Å². The molecule has 2 aromatic rings. The molecule has 0 radical (unpaired) electrons. The Morgan fingerprint density at radius 1 is 1.22 bits per heavy atom. The minimum absolute atomic E-state index is 0.213. The zero-order valence-electron chi connectivity index (χ0n) is 15.7. The molecule has 1 amide bonds. The van der Waals surface area contributed by atoms with E-state index in [2.05, 4.69) is 5.32 Å². The monoisotopic (exact) mass is 410 g/mol. The number of sulfonamides is 1. The van der Waals surface area contributed by atoms with Crippen LogP contribution in [-0.2, 0) is 21.4 Å². The molecular weight excluding hydrogens is 388 g/mol. The molecule has 2 aromatic carbocycles. The number of aryl methyl sites for hydroxylation is 1. The molecule has 0 aliphatic heterocycles. The molecule has 1 N–H and O–H groups in total.